The summed E-state index contributed by atoms with van der Waals surface area (Å²) in [7, 11) is 0. The van der Waals surface area contributed by atoms with Gasteiger partial charge in [-0.1, -0.05) is 25.4 Å². The summed E-state index contributed by atoms with van der Waals surface area (Å²) in [5, 5.41) is 5.62. The van der Waals surface area contributed by atoms with E-state index in [1.54, 1.807) is 25.3 Å². The second kappa shape index (κ2) is 10.2. The number of ether oxygens (including phenoxy) is 1. The Morgan fingerprint density at radius 1 is 1.21 bits per heavy atom. The van der Waals surface area contributed by atoms with Crippen molar-refractivity contribution in [3.05, 3.63) is 40.1 Å². The molecular weight excluding hydrogens is 611 g/mol. The largest absolute Gasteiger partial charge is 0.490 e. The van der Waals surface area contributed by atoms with Gasteiger partial charge in [0.25, 0.3) is 0 Å². The number of anilines is 1. The predicted molar refractivity (Wildman–Crippen MR) is 150 cm³/mol. The van der Waals surface area contributed by atoms with E-state index in [1.165, 1.54) is 16.2 Å². The van der Waals surface area contributed by atoms with E-state index in [4.69, 9.17) is 11.6 Å². The molecule has 0 radical (unpaired) electrons. The number of piperidine rings is 1. The molecule has 3 aromatic heterocycles. The standard InChI is InChI=1S/C28H25ClF3N5O5S/c1-11-21(36-23(38)12-6-18(34-9-12)42-26(41)28(30,31)32)15(8-17(29)35-11)14-4-5-33-16-7-13(43-22(14)16)10-37-24(39)19-20(25(37)40)27(19,2)3/h4-5,7-8,12,18-20,34H,6,9-10H2,1-3H3,(H,36,38)/t12-,18?,19?,20?/m1/s1. The lowest BCUT2D eigenvalue weighted by atomic mass is 10.0. The Morgan fingerprint density at radius 3 is 2.58 bits per heavy atom. The highest BCUT2D eigenvalue weighted by molar-refractivity contribution is 7.19. The molecule has 3 aromatic rings. The molecule has 15 heteroatoms. The zero-order valence-electron chi connectivity index (χ0n) is 23.0. The number of pyridine rings is 2. The summed E-state index contributed by atoms with van der Waals surface area (Å²) in [6.45, 7) is 5.63. The first kappa shape index (κ1) is 29.5. The van der Waals surface area contributed by atoms with Gasteiger partial charge >= 0.3 is 12.1 Å². The van der Waals surface area contributed by atoms with Crippen molar-refractivity contribution in [3.63, 3.8) is 0 Å². The number of aryl methyl sites for hydroxylation is 1. The Bertz CT molecular complexity index is 1690. The van der Waals surface area contributed by atoms with Gasteiger partial charge in [0.05, 0.1) is 45.9 Å². The maximum Gasteiger partial charge on any atom is 0.490 e. The summed E-state index contributed by atoms with van der Waals surface area (Å²) in [5.74, 6) is -4.51. The topological polar surface area (TPSA) is 131 Å². The predicted octanol–water partition coefficient (Wildman–Crippen LogP) is 4.44. The lowest BCUT2D eigenvalue weighted by molar-refractivity contribution is -0.205. The molecule has 2 saturated heterocycles. The summed E-state index contributed by atoms with van der Waals surface area (Å²) >= 11 is 7.68. The molecule has 1 aliphatic carbocycles. The number of carbonyl (C=O) groups is 4. The van der Waals surface area contributed by atoms with Crippen LogP contribution in [0.15, 0.2) is 24.4 Å². The first-order valence-electron chi connectivity index (χ1n) is 13.4. The number of alkyl halides is 3. The minimum Gasteiger partial charge on any atom is -0.440 e. The van der Waals surface area contributed by atoms with Gasteiger partial charge in [0, 0.05) is 35.2 Å². The van der Waals surface area contributed by atoms with Gasteiger partial charge in [0.15, 0.2) is 6.23 Å². The van der Waals surface area contributed by atoms with Crippen LogP contribution in [-0.4, -0.2) is 57.5 Å². The molecule has 10 nitrogen and oxygen atoms in total. The zero-order valence-corrected chi connectivity index (χ0v) is 24.6. The van der Waals surface area contributed by atoms with Gasteiger partial charge in [-0.25, -0.2) is 9.78 Å². The molecule has 2 N–H and O–H groups in total. The van der Waals surface area contributed by atoms with E-state index in [9.17, 15) is 32.3 Å². The number of rotatable bonds is 6. The van der Waals surface area contributed by atoms with Crippen LogP contribution >= 0.6 is 22.9 Å². The maximum atomic E-state index is 13.2. The van der Waals surface area contributed by atoms with Gasteiger partial charge in [-0.15, -0.1) is 11.3 Å². The molecule has 4 atom stereocenters. The van der Waals surface area contributed by atoms with Crippen LogP contribution in [0.25, 0.3) is 21.3 Å². The molecule has 6 rings (SSSR count). The van der Waals surface area contributed by atoms with E-state index in [0.29, 0.717) is 28.0 Å². The van der Waals surface area contributed by atoms with Crippen molar-refractivity contribution < 1.29 is 37.1 Å². The molecule has 2 aliphatic heterocycles. The average Bonchev–Trinajstić information content (AvgIpc) is 3.32. The summed E-state index contributed by atoms with van der Waals surface area (Å²) in [6, 6.07) is 5.15. The third-order valence-corrected chi connectivity index (χ3v) is 9.65. The van der Waals surface area contributed by atoms with Crippen molar-refractivity contribution >= 4 is 62.5 Å². The number of hydrogen-bond donors (Lipinski definition) is 2. The molecule has 0 spiro atoms. The monoisotopic (exact) mass is 635 g/mol. The highest BCUT2D eigenvalue weighted by atomic mass is 35.5. The second-order valence-corrected chi connectivity index (χ2v) is 13.0. The fraction of sp³-hybridized carbons (Fsp3) is 0.429. The average molecular weight is 636 g/mol. The van der Waals surface area contributed by atoms with Gasteiger partial charge in [0.1, 0.15) is 5.15 Å². The number of nitrogens with one attached hydrogen (secondary N) is 2. The Balaban J connectivity index is 1.25. The smallest absolute Gasteiger partial charge is 0.440 e. The molecule has 0 bridgehead atoms. The third kappa shape index (κ3) is 5.14. The Hall–Kier alpha value is -3.62. The van der Waals surface area contributed by atoms with Crippen molar-refractivity contribution in [2.45, 2.75) is 46.1 Å². The number of aromatic nitrogens is 2. The van der Waals surface area contributed by atoms with Gasteiger partial charge in [0.2, 0.25) is 17.7 Å². The molecule has 3 fully saturated rings. The fourth-order valence-electron chi connectivity index (χ4n) is 6.01. The number of imide groups is 1. The van der Waals surface area contributed by atoms with Crippen molar-refractivity contribution in [1.29, 1.82) is 0 Å². The molecule has 1 saturated carbocycles. The molecule has 3 amide bonds. The third-order valence-electron chi connectivity index (χ3n) is 8.32. The number of esters is 1. The second-order valence-electron chi connectivity index (χ2n) is 11.5. The lowest BCUT2D eigenvalue weighted by Gasteiger charge is -2.19. The number of nitrogens with zero attached hydrogens (tertiary/aromatic N) is 3. The SMILES string of the molecule is Cc1nc(Cl)cc(-c2ccnc3cc(CN4C(=O)C5C(C4=O)C5(C)C)sc23)c1NC(=O)[C@H]1CNC(OC(=O)C(F)(F)F)C1. The number of amides is 3. The van der Waals surface area contributed by atoms with Gasteiger partial charge in [-0.2, -0.15) is 13.2 Å². The Kier molecular flexibility index (Phi) is 7.01. The van der Waals surface area contributed by atoms with E-state index >= 15 is 0 Å². The quantitative estimate of drug-likeness (QED) is 0.231. The normalized spacial score (nSPS) is 24.4. The van der Waals surface area contributed by atoms with E-state index in [2.05, 4.69) is 25.3 Å². The summed E-state index contributed by atoms with van der Waals surface area (Å²) in [5.41, 5.74) is 2.28. The van der Waals surface area contributed by atoms with Gasteiger partial charge < -0.3 is 10.1 Å². The molecule has 3 unspecified atom stereocenters. The number of hydrogen-bond acceptors (Lipinski definition) is 9. The maximum absolute atomic E-state index is 13.2. The molecule has 226 valence electrons. The van der Waals surface area contributed by atoms with Crippen molar-refractivity contribution in [1.82, 2.24) is 20.2 Å². The molecule has 0 aromatic carbocycles. The van der Waals surface area contributed by atoms with E-state index in [1.807, 2.05) is 19.9 Å². The summed E-state index contributed by atoms with van der Waals surface area (Å²) in [4.78, 5) is 60.9. The minimum absolute atomic E-state index is 0.00232. The van der Waals surface area contributed by atoms with Gasteiger partial charge in [-0.3, -0.25) is 29.6 Å². The molecule has 3 aliphatic rings. The fourth-order valence-corrected chi connectivity index (χ4v) is 7.37. The molecular formula is C28H25ClF3N5O5S. The van der Waals surface area contributed by atoms with Crippen LogP contribution in [0.1, 0.15) is 30.8 Å². The van der Waals surface area contributed by atoms with Crippen LogP contribution in [0.4, 0.5) is 18.9 Å². The number of thiophene rings is 1. The van der Waals surface area contributed by atoms with E-state index in [-0.39, 0.29) is 53.7 Å². The molecule has 5 heterocycles. The van der Waals surface area contributed by atoms with Gasteiger partial charge in [-0.05, 0) is 30.5 Å². The summed E-state index contributed by atoms with van der Waals surface area (Å²) in [6.07, 6.45) is -4.96. The van der Waals surface area contributed by atoms with E-state index in [0.717, 1.165) is 9.58 Å². The lowest BCUT2D eigenvalue weighted by Crippen LogP contribution is -2.35. The number of likely N-dealkylation sites (tertiary alicyclic amines) is 1. The van der Waals surface area contributed by atoms with Crippen LogP contribution in [0.2, 0.25) is 5.15 Å². The zero-order chi connectivity index (χ0) is 31.0. The highest BCUT2D eigenvalue weighted by Gasteiger charge is 2.72. The summed E-state index contributed by atoms with van der Waals surface area (Å²) < 4.78 is 42.9. The highest BCUT2D eigenvalue weighted by Crippen LogP contribution is 2.63. The van der Waals surface area contributed by atoms with Crippen LogP contribution in [0, 0.1) is 30.1 Å². The van der Waals surface area contributed by atoms with Crippen molar-refractivity contribution in [2.24, 2.45) is 23.2 Å². The van der Waals surface area contributed by atoms with Crippen LogP contribution in [-0.2, 0) is 30.5 Å². The first-order chi connectivity index (χ1) is 20.2. The van der Waals surface area contributed by atoms with Crippen LogP contribution in [0.5, 0.6) is 0 Å². The van der Waals surface area contributed by atoms with Crippen LogP contribution < -0.4 is 10.6 Å². The Labute approximate surface area is 251 Å². The van der Waals surface area contributed by atoms with Crippen LogP contribution in [0.3, 0.4) is 0 Å². The van der Waals surface area contributed by atoms with E-state index < -0.39 is 30.2 Å². The minimum atomic E-state index is -5.14. The van der Waals surface area contributed by atoms with Crippen molar-refractivity contribution in [2.75, 3.05) is 11.9 Å². The number of carbonyl (C=O) groups excluding carboxylic acids is 4. The van der Waals surface area contributed by atoms with Crippen molar-refractivity contribution in [3.8, 4) is 11.1 Å². The first-order valence-corrected chi connectivity index (χ1v) is 14.6. The number of halogens is 4. The molecule has 43 heavy (non-hydrogen) atoms. The number of fused-ring (bicyclic) bond motifs is 2. The Morgan fingerprint density at radius 2 is 1.91 bits per heavy atom.